The smallest absolute Gasteiger partial charge is 0.343 e. The Balaban J connectivity index is 1.11. The van der Waals surface area contributed by atoms with Gasteiger partial charge in [0.25, 0.3) is 5.56 Å². The fourth-order valence-electron chi connectivity index (χ4n) is 5.46. The Labute approximate surface area is 273 Å². The van der Waals surface area contributed by atoms with Crippen LogP contribution in [-0.2, 0) is 0 Å². The third-order valence-electron chi connectivity index (χ3n) is 8.19. The maximum absolute atomic E-state index is 12.8. The van der Waals surface area contributed by atoms with Crippen LogP contribution in [0.25, 0.3) is 10.9 Å². The summed E-state index contributed by atoms with van der Waals surface area (Å²) in [5.74, 6) is 1.23. The molecule has 0 atom stereocenters. The van der Waals surface area contributed by atoms with Crippen LogP contribution in [0, 0.1) is 6.92 Å². The lowest BCUT2D eigenvalue weighted by Crippen LogP contribution is -2.20. The van der Waals surface area contributed by atoms with Gasteiger partial charge in [-0.05, 0) is 79.6 Å². The lowest BCUT2D eigenvalue weighted by molar-refractivity contribution is 0.0734. The molecule has 0 saturated carbocycles. The first-order chi connectivity index (χ1) is 22.5. The minimum absolute atomic E-state index is 0.226. The van der Waals surface area contributed by atoms with Crippen LogP contribution in [0.15, 0.2) is 82.7 Å². The number of ether oxygens (including phenoxy) is 2. The van der Waals surface area contributed by atoms with E-state index in [2.05, 4.69) is 17.0 Å². The number of unbranched alkanes of at least 4 members (excludes halogenated alkanes) is 13. The standard InChI is InChI=1S/C39H49N3O4/c1-3-4-5-6-7-8-9-10-11-12-13-14-15-18-29-45-34-27-23-33(24-28-34)39(44)46-35-25-21-32(22-26-35)30-40-42-31(2)41-37-20-17-16-19-36(37)38(42)43/h16-17,19-28,30H,3-15,18,29H2,1-2H3/b40-30+. The van der Waals surface area contributed by atoms with Crippen molar-refractivity contribution in [3.8, 4) is 11.5 Å². The minimum Gasteiger partial charge on any atom is -0.494 e. The zero-order valence-corrected chi connectivity index (χ0v) is 27.6. The lowest BCUT2D eigenvalue weighted by atomic mass is 10.0. The number of hydrogen-bond donors (Lipinski definition) is 0. The van der Waals surface area contributed by atoms with Gasteiger partial charge in [-0.2, -0.15) is 9.78 Å². The molecule has 0 unspecified atom stereocenters. The molecule has 4 rings (SSSR count). The Kier molecular flexibility index (Phi) is 14.5. The number of aryl methyl sites for hydroxylation is 1. The molecule has 0 N–H and O–H groups in total. The second kappa shape index (κ2) is 19.3. The zero-order chi connectivity index (χ0) is 32.4. The fraction of sp³-hybridized carbons (Fsp3) is 0.436. The predicted octanol–water partition coefficient (Wildman–Crippen LogP) is 9.67. The van der Waals surface area contributed by atoms with Crippen molar-refractivity contribution in [1.29, 1.82) is 0 Å². The summed E-state index contributed by atoms with van der Waals surface area (Å²) in [6.45, 7) is 4.70. The quantitative estimate of drug-likeness (QED) is 0.0424. The van der Waals surface area contributed by atoms with E-state index in [0.717, 1.165) is 17.7 Å². The molecule has 1 heterocycles. The van der Waals surface area contributed by atoms with Crippen LogP contribution in [0.1, 0.15) is 119 Å². The number of hydrogen-bond acceptors (Lipinski definition) is 6. The van der Waals surface area contributed by atoms with E-state index >= 15 is 0 Å². The van der Waals surface area contributed by atoms with E-state index in [-0.39, 0.29) is 5.56 Å². The topological polar surface area (TPSA) is 82.8 Å². The van der Waals surface area contributed by atoms with Gasteiger partial charge < -0.3 is 9.47 Å². The largest absolute Gasteiger partial charge is 0.494 e. The van der Waals surface area contributed by atoms with Crippen LogP contribution in [0.5, 0.6) is 11.5 Å². The van der Waals surface area contributed by atoms with E-state index in [4.69, 9.17) is 9.47 Å². The van der Waals surface area contributed by atoms with Gasteiger partial charge in [-0.3, -0.25) is 4.79 Å². The monoisotopic (exact) mass is 623 g/mol. The molecule has 0 fully saturated rings. The highest BCUT2D eigenvalue weighted by molar-refractivity contribution is 5.91. The number of carbonyl (C=O) groups excluding carboxylic acids is 1. The summed E-state index contributed by atoms with van der Waals surface area (Å²) < 4.78 is 12.7. The van der Waals surface area contributed by atoms with E-state index < -0.39 is 5.97 Å². The first-order valence-corrected chi connectivity index (χ1v) is 17.1. The van der Waals surface area contributed by atoms with Gasteiger partial charge in [0.1, 0.15) is 17.3 Å². The molecule has 0 saturated heterocycles. The lowest BCUT2D eigenvalue weighted by Gasteiger charge is -2.08. The second-order valence-electron chi connectivity index (χ2n) is 12.0. The van der Waals surface area contributed by atoms with E-state index in [0.29, 0.717) is 34.6 Å². The Morgan fingerprint density at radius 1 is 0.739 bits per heavy atom. The van der Waals surface area contributed by atoms with Crippen LogP contribution >= 0.6 is 0 Å². The van der Waals surface area contributed by atoms with Crippen LogP contribution in [0.4, 0.5) is 0 Å². The van der Waals surface area contributed by atoms with Crippen molar-refractivity contribution in [2.75, 3.05) is 6.61 Å². The number of carbonyl (C=O) groups is 1. The van der Waals surface area contributed by atoms with Gasteiger partial charge in [0.2, 0.25) is 0 Å². The molecule has 0 radical (unpaired) electrons. The summed E-state index contributed by atoms with van der Waals surface area (Å²) in [7, 11) is 0. The first kappa shape index (κ1) is 34.6. The molecule has 4 aromatic rings. The van der Waals surface area contributed by atoms with Crippen LogP contribution in [0.3, 0.4) is 0 Å². The summed E-state index contributed by atoms with van der Waals surface area (Å²) in [6.07, 6.45) is 20.2. The fourth-order valence-corrected chi connectivity index (χ4v) is 5.46. The van der Waals surface area contributed by atoms with Crippen molar-refractivity contribution in [2.45, 2.75) is 104 Å². The number of fused-ring (bicyclic) bond motifs is 1. The number of aromatic nitrogens is 2. The zero-order valence-electron chi connectivity index (χ0n) is 27.6. The summed E-state index contributed by atoms with van der Waals surface area (Å²) in [5, 5.41) is 4.84. The molecule has 7 nitrogen and oxygen atoms in total. The third-order valence-corrected chi connectivity index (χ3v) is 8.19. The van der Waals surface area contributed by atoms with Crippen LogP contribution in [-0.4, -0.2) is 28.5 Å². The summed E-state index contributed by atoms with van der Waals surface area (Å²) in [4.78, 5) is 29.9. The van der Waals surface area contributed by atoms with E-state index in [1.165, 1.54) is 88.1 Å². The average Bonchev–Trinajstić information content (AvgIpc) is 3.07. The maximum atomic E-state index is 12.8. The summed E-state index contributed by atoms with van der Waals surface area (Å²) >= 11 is 0. The van der Waals surface area contributed by atoms with Gasteiger partial charge in [-0.25, -0.2) is 9.78 Å². The van der Waals surface area contributed by atoms with E-state index in [9.17, 15) is 9.59 Å². The molecule has 0 bridgehead atoms. The van der Waals surface area contributed by atoms with Gasteiger partial charge in [0.05, 0.1) is 29.3 Å². The molecule has 3 aromatic carbocycles. The van der Waals surface area contributed by atoms with Gasteiger partial charge in [-0.1, -0.05) is 103 Å². The van der Waals surface area contributed by atoms with Gasteiger partial charge in [-0.15, -0.1) is 0 Å². The number of nitrogens with zero attached hydrogens (tertiary/aromatic N) is 3. The van der Waals surface area contributed by atoms with Crippen molar-refractivity contribution in [3.05, 3.63) is 100 Å². The molecule has 7 heteroatoms. The number of benzene rings is 3. The van der Waals surface area contributed by atoms with Crippen molar-refractivity contribution >= 4 is 23.1 Å². The average molecular weight is 624 g/mol. The minimum atomic E-state index is -0.440. The molecule has 46 heavy (non-hydrogen) atoms. The molecule has 244 valence electrons. The number of para-hydroxylation sites is 1. The third kappa shape index (κ3) is 11.3. The predicted molar refractivity (Wildman–Crippen MR) is 187 cm³/mol. The molecule has 0 spiro atoms. The van der Waals surface area contributed by atoms with E-state index in [1.807, 2.05) is 24.3 Å². The molecule has 0 aliphatic carbocycles. The molecule has 1 aromatic heterocycles. The Bertz CT molecular complexity index is 1580. The normalized spacial score (nSPS) is 11.3. The Morgan fingerprint density at radius 2 is 1.30 bits per heavy atom. The van der Waals surface area contributed by atoms with Gasteiger partial charge in [0, 0.05) is 0 Å². The van der Waals surface area contributed by atoms with Gasteiger partial charge in [0.15, 0.2) is 0 Å². The van der Waals surface area contributed by atoms with Crippen LogP contribution < -0.4 is 15.0 Å². The number of rotatable bonds is 20. The summed E-state index contributed by atoms with van der Waals surface area (Å²) in [6, 6.07) is 21.2. The second-order valence-corrected chi connectivity index (χ2v) is 12.0. The van der Waals surface area contributed by atoms with E-state index in [1.54, 1.807) is 61.7 Å². The molecule has 0 aliphatic rings. The van der Waals surface area contributed by atoms with Crippen molar-refractivity contribution in [1.82, 2.24) is 9.66 Å². The SMILES string of the molecule is CCCCCCCCCCCCCCCCOc1ccc(C(=O)Oc2ccc(/C=N/n3c(C)nc4ccccc4c3=O)cc2)cc1. The highest BCUT2D eigenvalue weighted by Gasteiger charge is 2.10. The van der Waals surface area contributed by atoms with Crippen molar-refractivity contribution in [2.24, 2.45) is 5.10 Å². The number of esters is 1. The van der Waals surface area contributed by atoms with Crippen LogP contribution in [0.2, 0.25) is 0 Å². The molecular formula is C39H49N3O4. The highest BCUT2D eigenvalue weighted by atomic mass is 16.5. The van der Waals surface area contributed by atoms with Crippen molar-refractivity contribution < 1.29 is 14.3 Å². The Morgan fingerprint density at radius 3 is 1.93 bits per heavy atom. The maximum Gasteiger partial charge on any atom is 0.343 e. The van der Waals surface area contributed by atoms with Gasteiger partial charge >= 0.3 is 5.97 Å². The first-order valence-electron chi connectivity index (χ1n) is 17.1. The Hall–Kier alpha value is -4.26. The molecule has 0 aliphatic heterocycles. The molecular weight excluding hydrogens is 574 g/mol. The summed E-state index contributed by atoms with van der Waals surface area (Å²) in [5.41, 5.74) is 1.62. The van der Waals surface area contributed by atoms with Crippen molar-refractivity contribution in [3.63, 3.8) is 0 Å². The highest BCUT2D eigenvalue weighted by Crippen LogP contribution is 2.18. The molecule has 0 amide bonds.